The van der Waals surface area contributed by atoms with Gasteiger partial charge >= 0.3 is 11.9 Å². The quantitative estimate of drug-likeness (QED) is 0.850. The third-order valence-electron chi connectivity index (χ3n) is 2.10. The third kappa shape index (κ3) is 3.64. The van der Waals surface area contributed by atoms with Gasteiger partial charge in [0, 0.05) is 0 Å². The number of rotatable bonds is 4. The number of esters is 1. The van der Waals surface area contributed by atoms with Crippen LogP contribution in [-0.2, 0) is 9.53 Å². The highest BCUT2D eigenvalue weighted by Gasteiger charge is 2.47. The van der Waals surface area contributed by atoms with E-state index in [-0.39, 0.29) is 24.6 Å². The van der Waals surface area contributed by atoms with E-state index in [1.54, 1.807) is 18.2 Å². The van der Waals surface area contributed by atoms with Crippen LogP contribution < -0.4 is 5.73 Å². The van der Waals surface area contributed by atoms with E-state index in [9.17, 15) is 13.6 Å². The average Bonchev–Trinajstić information content (AvgIpc) is 2.29. The molecule has 0 aliphatic carbocycles. The Labute approximate surface area is 104 Å². The fraction of sp³-hybridized carbons (Fsp3) is 0.364. The molecule has 0 saturated carbocycles. The van der Waals surface area contributed by atoms with Gasteiger partial charge in [0.05, 0.1) is 6.61 Å². The first kappa shape index (κ1) is 15.8. The minimum atomic E-state index is -3.71. The molecular formula is C11H14ClF2NO2. The normalized spacial score (nSPS) is 12.5. The Kier molecular flexibility index (Phi) is 6.05. The van der Waals surface area contributed by atoms with Crippen molar-refractivity contribution in [2.75, 3.05) is 6.61 Å². The molecule has 3 nitrogen and oxygen atoms in total. The van der Waals surface area contributed by atoms with Crippen molar-refractivity contribution in [1.29, 1.82) is 0 Å². The Morgan fingerprint density at radius 2 is 1.94 bits per heavy atom. The van der Waals surface area contributed by atoms with Gasteiger partial charge in [-0.1, -0.05) is 30.3 Å². The van der Waals surface area contributed by atoms with Gasteiger partial charge in [0.1, 0.15) is 6.04 Å². The lowest BCUT2D eigenvalue weighted by molar-refractivity contribution is -0.174. The van der Waals surface area contributed by atoms with Crippen LogP contribution in [0.15, 0.2) is 30.3 Å². The van der Waals surface area contributed by atoms with Crippen LogP contribution in [0.5, 0.6) is 0 Å². The second-order valence-corrected chi connectivity index (χ2v) is 3.23. The van der Waals surface area contributed by atoms with Crippen molar-refractivity contribution in [1.82, 2.24) is 0 Å². The summed E-state index contributed by atoms with van der Waals surface area (Å²) in [5.41, 5.74) is 5.55. The molecule has 6 heteroatoms. The molecule has 0 aliphatic rings. The van der Waals surface area contributed by atoms with Crippen LogP contribution in [0.1, 0.15) is 18.5 Å². The van der Waals surface area contributed by atoms with E-state index in [4.69, 9.17) is 5.73 Å². The molecule has 0 heterocycles. The van der Waals surface area contributed by atoms with Crippen molar-refractivity contribution >= 4 is 18.4 Å². The molecule has 1 atom stereocenters. The number of halogens is 3. The monoisotopic (exact) mass is 265 g/mol. The summed E-state index contributed by atoms with van der Waals surface area (Å²) in [7, 11) is 0. The summed E-state index contributed by atoms with van der Waals surface area (Å²) in [6, 6.07) is 6.04. The molecule has 1 aromatic carbocycles. The zero-order chi connectivity index (χ0) is 12.2. The molecule has 0 amide bonds. The van der Waals surface area contributed by atoms with Gasteiger partial charge in [0.2, 0.25) is 0 Å². The minimum Gasteiger partial charge on any atom is -0.462 e. The topological polar surface area (TPSA) is 52.3 Å². The molecule has 1 aromatic rings. The summed E-state index contributed by atoms with van der Waals surface area (Å²) in [6.45, 7) is 1.36. The van der Waals surface area contributed by atoms with Crippen LogP contribution in [0, 0.1) is 0 Å². The number of hydrogen-bond acceptors (Lipinski definition) is 3. The Morgan fingerprint density at radius 1 is 1.41 bits per heavy atom. The summed E-state index contributed by atoms with van der Waals surface area (Å²) < 4.78 is 31.2. The fourth-order valence-corrected chi connectivity index (χ4v) is 1.22. The average molecular weight is 266 g/mol. The summed E-state index contributed by atoms with van der Waals surface area (Å²) in [5.74, 6) is -5.30. The summed E-state index contributed by atoms with van der Waals surface area (Å²) in [5, 5.41) is 0. The van der Waals surface area contributed by atoms with Crippen LogP contribution >= 0.6 is 12.4 Å². The van der Waals surface area contributed by atoms with Gasteiger partial charge in [0.15, 0.2) is 0 Å². The van der Waals surface area contributed by atoms with Crippen molar-refractivity contribution in [3.05, 3.63) is 35.9 Å². The van der Waals surface area contributed by atoms with E-state index in [1.807, 2.05) is 0 Å². The molecule has 0 unspecified atom stereocenters. The molecule has 96 valence electrons. The summed E-state index contributed by atoms with van der Waals surface area (Å²) in [6.07, 6.45) is 0. The molecule has 17 heavy (non-hydrogen) atoms. The zero-order valence-electron chi connectivity index (χ0n) is 9.23. The van der Waals surface area contributed by atoms with Crippen LogP contribution in [0.4, 0.5) is 8.78 Å². The van der Waals surface area contributed by atoms with Crippen molar-refractivity contribution in [3.63, 3.8) is 0 Å². The molecule has 0 radical (unpaired) electrons. The van der Waals surface area contributed by atoms with E-state index < -0.39 is 17.9 Å². The molecule has 1 rings (SSSR count). The van der Waals surface area contributed by atoms with E-state index in [0.29, 0.717) is 0 Å². The molecule has 0 saturated heterocycles. The fourth-order valence-electron chi connectivity index (χ4n) is 1.22. The smallest absolute Gasteiger partial charge is 0.379 e. The predicted octanol–water partition coefficient (Wildman–Crippen LogP) is 2.31. The van der Waals surface area contributed by atoms with E-state index in [0.717, 1.165) is 0 Å². The molecule has 0 bridgehead atoms. The van der Waals surface area contributed by atoms with Crippen molar-refractivity contribution in [2.24, 2.45) is 5.73 Å². The summed E-state index contributed by atoms with van der Waals surface area (Å²) >= 11 is 0. The standard InChI is InChI=1S/C11H13F2NO2.ClH/c1-2-16-10(15)11(12,13)9(14)8-6-4-3-5-7-8;/h3-7,9H,2,14H2,1H3;1H/t9-;/m0./s1. The van der Waals surface area contributed by atoms with Gasteiger partial charge in [-0.2, -0.15) is 8.78 Å². The van der Waals surface area contributed by atoms with Crippen LogP contribution in [0.2, 0.25) is 0 Å². The Morgan fingerprint density at radius 3 is 2.41 bits per heavy atom. The Bertz CT molecular complexity index is 360. The highest BCUT2D eigenvalue weighted by molar-refractivity contribution is 5.85. The van der Waals surface area contributed by atoms with Gasteiger partial charge in [-0.05, 0) is 12.5 Å². The Hall–Kier alpha value is -1.20. The molecule has 0 aromatic heterocycles. The van der Waals surface area contributed by atoms with Gasteiger partial charge in [0.25, 0.3) is 0 Å². The predicted molar refractivity (Wildman–Crippen MR) is 62.2 cm³/mol. The zero-order valence-corrected chi connectivity index (χ0v) is 10.0. The van der Waals surface area contributed by atoms with Crippen LogP contribution in [0.3, 0.4) is 0 Å². The number of ether oxygens (including phenoxy) is 1. The molecule has 0 spiro atoms. The lowest BCUT2D eigenvalue weighted by atomic mass is 10.0. The largest absolute Gasteiger partial charge is 0.462 e. The van der Waals surface area contributed by atoms with Gasteiger partial charge in [-0.25, -0.2) is 4.79 Å². The third-order valence-corrected chi connectivity index (χ3v) is 2.10. The van der Waals surface area contributed by atoms with Crippen molar-refractivity contribution < 1.29 is 18.3 Å². The summed E-state index contributed by atoms with van der Waals surface area (Å²) in [4.78, 5) is 11.0. The maximum atomic E-state index is 13.5. The number of nitrogens with two attached hydrogens (primary N) is 1. The Balaban J connectivity index is 0.00000256. The number of hydrogen-bond donors (Lipinski definition) is 1. The first-order valence-corrected chi connectivity index (χ1v) is 4.85. The molecule has 2 N–H and O–H groups in total. The first-order chi connectivity index (χ1) is 7.50. The molecule has 0 fully saturated rings. The first-order valence-electron chi connectivity index (χ1n) is 4.85. The SMILES string of the molecule is CCOC(=O)C(F)(F)[C@@H](N)c1ccccc1.Cl. The lowest BCUT2D eigenvalue weighted by Gasteiger charge is -2.21. The van der Waals surface area contributed by atoms with E-state index in [2.05, 4.69) is 4.74 Å². The lowest BCUT2D eigenvalue weighted by Crippen LogP contribution is -2.41. The number of alkyl halides is 2. The van der Waals surface area contributed by atoms with Gasteiger partial charge in [-0.3, -0.25) is 0 Å². The molecule has 0 aliphatic heterocycles. The number of carbonyl (C=O) groups is 1. The van der Waals surface area contributed by atoms with Crippen molar-refractivity contribution in [3.8, 4) is 0 Å². The van der Waals surface area contributed by atoms with Gasteiger partial charge in [-0.15, -0.1) is 12.4 Å². The van der Waals surface area contributed by atoms with Crippen molar-refractivity contribution in [2.45, 2.75) is 18.9 Å². The number of benzene rings is 1. The minimum absolute atomic E-state index is 0. The molecular weight excluding hydrogens is 252 g/mol. The second kappa shape index (κ2) is 6.51. The van der Waals surface area contributed by atoms with E-state index >= 15 is 0 Å². The maximum Gasteiger partial charge on any atom is 0.379 e. The number of carbonyl (C=O) groups excluding carboxylic acids is 1. The van der Waals surface area contributed by atoms with Gasteiger partial charge < -0.3 is 10.5 Å². The second-order valence-electron chi connectivity index (χ2n) is 3.23. The maximum absolute atomic E-state index is 13.5. The van der Waals surface area contributed by atoms with Crippen LogP contribution in [0.25, 0.3) is 0 Å². The van der Waals surface area contributed by atoms with E-state index in [1.165, 1.54) is 19.1 Å². The van der Waals surface area contributed by atoms with Crippen LogP contribution in [-0.4, -0.2) is 18.5 Å². The highest BCUT2D eigenvalue weighted by Crippen LogP contribution is 2.30. The highest BCUT2D eigenvalue weighted by atomic mass is 35.5.